The number of hydrogen-bond acceptors (Lipinski definition) is 2. The molecule has 0 fully saturated rings. The molecule has 2 rings (SSSR count). The Morgan fingerprint density at radius 1 is 0.818 bits per heavy atom. The molecule has 0 saturated carbocycles. The first-order valence-electron chi connectivity index (χ1n) is 6.39. The van der Waals surface area contributed by atoms with Crippen molar-refractivity contribution in [2.24, 2.45) is 0 Å². The van der Waals surface area contributed by atoms with Crippen LogP contribution >= 0.6 is 0 Å². The van der Waals surface area contributed by atoms with Crippen LogP contribution in [-0.2, 0) is 0 Å². The van der Waals surface area contributed by atoms with E-state index in [1.807, 2.05) is 0 Å². The summed E-state index contributed by atoms with van der Waals surface area (Å²) in [4.78, 5) is 0. The molecule has 1 unspecified atom stereocenters. The molecule has 7 heteroatoms. The SMILES string of the molecule is OCCNC(c1ccccc1)c1c(F)c(F)c(F)c(F)c1F. The lowest BCUT2D eigenvalue weighted by atomic mass is 9.97. The van der Waals surface area contributed by atoms with E-state index in [2.05, 4.69) is 5.32 Å². The quantitative estimate of drug-likeness (QED) is 0.505. The highest BCUT2D eigenvalue weighted by atomic mass is 19.2. The van der Waals surface area contributed by atoms with Crippen LogP contribution in [0.25, 0.3) is 0 Å². The van der Waals surface area contributed by atoms with Gasteiger partial charge in [-0.1, -0.05) is 30.3 Å². The van der Waals surface area contributed by atoms with Gasteiger partial charge in [0.05, 0.1) is 18.2 Å². The average molecular weight is 317 g/mol. The second-order valence-corrected chi connectivity index (χ2v) is 4.51. The Hall–Kier alpha value is -1.99. The predicted octanol–water partition coefficient (Wildman–Crippen LogP) is 3.05. The maximum Gasteiger partial charge on any atom is 0.200 e. The van der Waals surface area contributed by atoms with Crippen LogP contribution in [0.5, 0.6) is 0 Å². The molecule has 1 atom stereocenters. The van der Waals surface area contributed by atoms with Crippen LogP contribution in [0, 0.1) is 29.1 Å². The smallest absolute Gasteiger partial charge is 0.200 e. The maximum absolute atomic E-state index is 13.9. The third-order valence-corrected chi connectivity index (χ3v) is 3.13. The van der Waals surface area contributed by atoms with Crippen LogP contribution < -0.4 is 5.32 Å². The molecule has 0 bridgehead atoms. The molecule has 0 aromatic heterocycles. The normalized spacial score (nSPS) is 12.5. The Labute approximate surface area is 123 Å². The maximum atomic E-state index is 13.9. The van der Waals surface area contributed by atoms with Gasteiger partial charge in [-0.05, 0) is 5.56 Å². The third-order valence-electron chi connectivity index (χ3n) is 3.13. The zero-order valence-corrected chi connectivity index (χ0v) is 11.2. The largest absolute Gasteiger partial charge is 0.395 e. The molecule has 0 amide bonds. The van der Waals surface area contributed by atoms with Crippen molar-refractivity contribution in [3.63, 3.8) is 0 Å². The fraction of sp³-hybridized carbons (Fsp3) is 0.200. The van der Waals surface area contributed by atoms with Crippen molar-refractivity contribution in [2.75, 3.05) is 13.2 Å². The predicted molar refractivity (Wildman–Crippen MR) is 69.6 cm³/mol. The minimum atomic E-state index is -2.20. The van der Waals surface area contributed by atoms with E-state index in [0.29, 0.717) is 5.56 Å². The van der Waals surface area contributed by atoms with E-state index in [9.17, 15) is 22.0 Å². The number of aliphatic hydroxyl groups is 1. The van der Waals surface area contributed by atoms with Crippen LogP contribution in [-0.4, -0.2) is 18.3 Å². The van der Waals surface area contributed by atoms with Crippen molar-refractivity contribution in [1.82, 2.24) is 5.32 Å². The van der Waals surface area contributed by atoms with E-state index in [1.54, 1.807) is 18.2 Å². The minimum absolute atomic E-state index is 0.0843. The zero-order chi connectivity index (χ0) is 16.3. The van der Waals surface area contributed by atoms with Crippen LogP contribution in [0.15, 0.2) is 30.3 Å². The van der Waals surface area contributed by atoms with Gasteiger partial charge in [0, 0.05) is 6.54 Å². The number of aliphatic hydroxyl groups excluding tert-OH is 1. The molecule has 2 aromatic carbocycles. The Balaban J connectivity index is 2.62. The van der Waals surface area contributed by atoms with Gasteiger partial charge in [-0.2, -0.15) is 0 Å². The number of hydrogen-bond donors (Lipinski definition) is 2. The second kappa shape index (κ2) is 6.85. The highest BCUT2D eigenvalue weighted by molar-refractivity contribution is 5.35. The lowest BCUT2D eigenvalue weighted by Crippen LogP contribution is -2.28. The lowest BCUT2D eigenvalue weighted by molar-refractivity contribution is 0.285. The van der Waals surface area contributed by atoms with Crippen molar-refractivity contribution in [2.45, 2.75) is 6.04 Å². The summed E-state index contributed by atoms with van der Waals surface area (Å²) in [5.41, 5.74) is -0.671. The molecular formula is C15H12F5NO. The van der Waals surface area contributed by atoms with Crippen LogP contribution in [0.3, 0.4) is 0 Å². The van der Waals surface area contributed by atoms with Gasteiger partial charge in [-0.3, -0.25) is 0 Å². The van der Waals surface area contributed by atoms with Crippen molar-refractivity contribution in [3.8, 4) is 0 Å². The monoisotopic (exact) mass is 317 g/mol. The van der Waals surface area contributed by atoms with E-state index in [-0.39, 0.29) is 13.2 Å². The summed E-state index contributed by atoms with van der Waals surface area (Å²) >= 11 is 0. The molecule has 2 aromatic rings. The summed E-state index contributed by atoms with van der Waals surface area (Å²) in [6, 6.07) is 6.45. The Kier molecular flexibility index (Phi) is 5.10. The second-order valence-electron chi connectivity index (χ2n) is 4.51. The van der Waals surface area contributed by atoms with Gasteiger partial charge in [-0.15, -0.1) is 0 Å². The summed E-state index contributed by atoms with van der Waals surface area (Å²) < 4.78 is 67.7. The van der Waals surface area contributed by atoms with Gasteiger partial charge >= 0.3 is 0 Å². The molecule has 2 nitrogen and oxygen atoms in total. The van der Waals surface area contributed by atoms with Gasteiger partial charge in [0.15, 0.2) is 23.3 Å². The molecule has 0 aliphatic rings. The number of rotatable bonds is 5. The fourth-order valence-corrected chi connectivity index (χ4v) is 2.12. The van der Waals surface area contributed by atoms with E-state index >= 15 is 0 Å². The molecular weight excluding hydrogens is 305 g/mol. The van der Waals surface area contributed by atoms with Crippen LogP contribution in [0.4, 0.5) is 22.0 Å². The van der Waals surface area contributed by atoms with Crippen LogP contribution in [0.2, 0.25) is 0 Å². The number of halogens is 5. The fourth-order valence-electron chi connectivity index (χ4n) is 2.12. The van der Waals surface area contributed by atoms with E-state index in [0.717, 1.165) is 0 Å². The van der Waals surface area contributed by atoms with Crippen molar-refractivity contribution < 1.29 is 27.1 Å². The highest BCUT2D eigenvalue weighted by Gasteiger charge is 2.30. The van der Waals surface area contributed by atoms with Gasteiger partial charge < -0.3 is 10.4 Å². The van der Waals surface area contributed by atoms with E-state index in [1.165, 1.54) is 12.1 Å². The third kappa shape index (κ3) is 2.95. The topological polar surface area (TPSA) is 32.3 Å². The molecule has 0 radical (unpaired) electrons. The molecule has 0 spiro atoms. The molecule has 0 heterocycles. The number of nitrogens with one attached hydrogen (secondary N) is 1. The molecule has 22 heavy (non-hydrogen) atoms. The van der Waals surface area contributed by atoms with Gasteiger partial charge in [0.25, 0.3) is 0 Å². The minimum Gasteiger partial charge on any atom is -0.395 e. The first-order chi connectivity index (χ1) is 10.5. The summed E-state index contributed by atoms with van der Waals surface area (Å²) in [6.45, 7) is -0.447. The van der Waals surface area contributed by atoms with Crippen molar-refractivity contribution >= 4 is 0 Å². The molecule has 2 N–H and O–H groups in total. The first kappa shape index (κ1) is 16.4. The van der Waals surface area contributed by atoms with Crippen LogP contribution in [0.1, 0.15) is 17.2 Å². The van der Waals surface area contributed by atoms with Gasteiger partial charge in [0.2, 0.25) is 5.82 Å². The van der Waals surface area contributed by atoms with E-state index in [4.69, 9.17) is 5.11 Å². The molecule has 0 aliphatic carbocycles. The molecule has 118 valence electrons. The standard InChI is InChI=1S/C15H12F5NO/c16-10-9(11(17)13(19)14(20)12(10)18)15(21-6-7-22)8-4-2-1-3-5-8/h1-5,15,21-22H,6-7H2. The molecule has 0 saturated heterocycles. The van der Waals surface area contributed by atoms with Crippen molar-refractivity contribution in [1.29, 1.82) is 0 Å². The summed E-state index contributed by atoms with van der Waals surface area (Å²) in [6.07, 6.45) is 0. The van der Waals surface area contributed by atoms with Gasteiger partial charge in [0.1, 0.15) is 0 Å². The number of benzene rings is 2. The van der Waals surface area contributed by atoms with Crippen molar-refractivity contribution in [3.05, 3.63) is 70.5 Å². The Bertz CT molecular complexity index is 634. The highest BCUT2D eigenvalue weighted by Crippen LogP contribution is 2.31. The Morgan fingerprint density at radius 3 is 1.82 bits per heavy atom. The van der Waals surface area contributed by atoms with Gasteiger partial charge in [-0.25, -0.2) is 22.0 Å². The molecule has 0 aliphatic heterocycles. The summed E-state index contributed by atoms with van der Waals surface area (Å²) in [5, 5.41) is 11.4. The summed E-state index contributed by atoms with van der Waals surface area (Å²) in [7, 11) is 0. The summed E-state index contributed by atoms with van der Waals surface area (Å²) in [5.74, 6) is -9.99. The Morgan fingerprint density at radius 2 is 1.32 bits per heavy atom. The van der Waals surface area contributed by atoms with E-state index < -0.39 is 40.7 Å². The average Bonchev–Trinajstić information content (AvgIpc) is 2.55. The lowest BCUT2D eigenvalue weighted by Gasteiger charge is -2.21. The zero-order valence-electron chi connectivity index (χ0n) is 11.2. The first-order valence-corrected chi connectivity index (χ1v) is 6.39.